The third kappa shape index (κ3) is 5.35. The number of carbonyl (C=O) groups excluding carboxylic acids is 6. The fraction of sp³-hybridized carbons (Fsp3) is 0.250. The fourth-order valence-corrected chi connectivity index (χ4v) is 1.17. The van der Waals surface area contributed by atoms with E-state index in [0.29, 0.717) is 0 Å². The third-order valence-electron chi connectivity index (χ3n) is 2.02. The van der Waals surface area contributed by atoms with E-state index < -0.39 is 47.9 Å². The zero-order chi connectivity index (χ0) is 15.4. The number of hydrogen-bond acceptors (Lipinski definition) is 8. The Labute approximate surface area is 156 Å². The van der Waals surface area contributed by atoms with Gasteiger partial charge in [0.2, 0.25) is 0 Å². The molecule has 0 aromatic carbocycles. The molecule has 0 saturated carbocycles. The van der Waals surface area contributed by atoms with Crippen LogP contribution in [0.5, 0.6) is 0 Å². The van der Waals surface area contributed by atoms with Crippen molar-refractivity contribution in [2.45, 2.75) is 12.1 Å². The Hall–Kier alpha value is -1.61. The summed E-state index contributed by atoms with van der Waals surface area (Å²) in [6.45, 7) is 0. The normalized spacial score (nSPS) is 22.7. The predicted molar refractivity (Wildman–Crippen MR) is 56.7 cm³/mol. The van der Waals surface area contributed by atoms with Gasteiger partial charge in [0.1, 0.15) is 12.1 Å². The Bertz CT molecular complexity index is 474. The number of nitrogens with one attached hydrogen (secondary N) is 4. The van der Waals surface area contributed by atoms with Crippen molar-refractivity contribution in [1.82, 2.24) is 21.3 Å². The number of imide groups is 2. The molecule has 0 aromatic heterocycles. The van der Waals surface area contributed by atoms with E-state index in [9.17, 15) is 39.0 Å². The summed E-state index contributed by atoms with van der Waals surface area (Å²) in [6, 6.07) is -4.68. The van der Waals surface area contributed by atoms with Gasteiger partial charge in [0.25, 0.3) is 11.8 Å². The van der Waals surface area contributed by atoms with Gasteiger partial charge in [-0.3, -0.25) is 20.2 Å². The van der Waals surface area contributed by atoms with E-state index in [4.69, 9.17) is 0 Å². The first kappa shape index (κ1) is 19.4. The van der Waals surface area contributed by atoms with Gasteiger partial charge in [-0.05, 0) is 0 Å². The van der Waals surface area contributed by atoms with Crippen molar-refractivity contribution in [2.24, 2.45) is 0 Å². The van der Waals surface area contributed by atoms with Gasteiger partial charge < -0.3 is 30.4 Å². The number of rotatable bonds is 2. The minimum Gasteiger partial charge on any atom is -0.547 e. The molecule has 0 aliphatic carbocycles. The van der Waals surface area contributed by atoms with Gasteiger partial charge in [0.05, 0.1) is 11.9 Å². The van der Waals surface area contributed by atoms with E-state index in [1.165, 1.54) is 0 Å². The second-order valence-electron chi connectivity index (χ2n) is 3.43. The quantitative estimate of drug-likeness (QED) is 0.191. The summed E-state index contributed by atoms with van der Waals surface area (Å²) in [6.07, 6.45) is 0. The van der Waals surface area contributed by atoms with E-state index in [2.05, 4.69) is 0 Å². The van der Waals surface area contributed by atoms with Crippen LogP contribution in [-0.4, -0.2) is 96.8 Å². The van der Waals surface area contributed by atoms with Crippen LogP contribution in [0.15, 0.2) is 0 Å². The maximum atomic E-state index is 10.4. The number of carbonyl (C=O) groups is 6. The first-order valence-electron chi connectivity index (χ1n) is 4.87. The summed E-state index contributed by atoms with van der Waals surface area (Å²) < 4.78 is 0. The first-order chi connectivity index (χ1) is 9.22. The van der Waals surface area contributed by atoms with E-state index in [-0.39, 0.29) is 48.9 Å². The van der Waals surface area contributed by atoms with Crippen LogP contribution in [0.2, 0.25) is 0 Å². The van der Waals surface area contributed by atoms with Crippen LogP contribution in [0.4, 0.5) is 9.59 Å². The standard InChI is InChI=1S/2C4H4N2O4.Ba/c2*7-2-1(3(8)9)5-4(10)6-2;/h2*1H,(H,8,9)(H2,5,6,7,10);/q;;+2/p-2. The molecule has 2 aliphatic heterocycles. The molecule has 13 heteroatoms. The van der Waals surface area contributed by atoms with Crippen LogP contribution >= 0.6 is 0 Å². The van der Waals surface area contributed by atoms with Gasteiger partial charge in [-0.1, -0.05) is 0 Å². The van der Waals surface area contributed by atoms with Gasteiger partial charge >= 0.3 is 60.9 Å². The average Bonchev–Trinajstić information content (AvgIpc) is 2.82. The van der Waals surface area contributed by atoms with Crippen molar-refractivity contribution in [3.63, 3.8) is 0 Å². The molecule has 0 radical (unpaired) electrons. The smallest absolute Gasteiger partial charge is 0.547 e. The maximum Gasteiger partial charge on any atom is 2.00 e. The van der Waals surface area contributed by atoms with E-state index in [1.54, 1.807) is 10.6 Å². The summed E-state index contributed by atoms with van der Waals surface area (Å²) in [5.74, 6) is -4.98. The summed E-state index contributed by atoms with van der Waals surface area (Å²) in [5.41, 5.74) is 0. The zero-order valence-electron chi connectivity index (χ0n) is 10.1. The van der Waals surface area contributed by atoms with Gasteiger partial charge in [-0.15, -0.1) is 0 Å². The van der Waals surface area contributed by atoms with Crippen LogP contribution in [0, 0.1) is 0 Å². The third-order valence-corrected chi connectivity index (χ3v) is 2.02. The summed E-state index contributed by atoms with van der Waals surface area (Å²) >= 11 is 0. The van der Waals surface area contributed by atoms with Crippen molar-refractivity contribution >= 4 is 84.7 Å². The minimum atomic E-state index is -1.61. The molecule has 2 atom stereocenters. The Kier molecular flexibility index (Phi) is 7.37. The summed E-state index contributed by atoms with van der Waals surface area (Å²) in [4.78, 5) is 61.2. The van der Waals surface area contributed by atoms with Crippen LogP contribution in [0.1, 0.15) is 0 Å². The summed E-state index contributed by atoms with van der Waals surface area (Å²) in [5, 5.41) is 27.1. The Morgan fingerprint density at radius 1 is 0.762 bits per heavy atom. The number of carboxylic acids is 2. The van der Waals surface area contributed by atoms with Gasteiger partial charge in [-0.2, -0.15) is 0 Å². The zero-order valence-corrected chi connectivity index (χ0v) is 14.6. The number of aliphatic carboxylic acids is 2. The predicted octanol–water partition coefficient (Wildman–Crippen LogP) is -6.49. The SMILES string of the molecule is O=C1NC(=O)C(C(=O)[O-])N1.O=C1NC(=O)C(C(=O)[O-])N1.[Ba+2]. The second-order valence-corrected chi connectivity index (χ2v) is 3.43. The molecule has 12 nitrogen and oxygen atoms in total. The van der Waals surface area contributed by atoms with Crippen molar-refractivity contribution in [1.29, 1.82) is 0 Å². The van der Waals surface area contributed by atoms with Crippen molar-refractivity contribution in [3.05, 3.63) is 0 Å². The molecule has 108 valence electrons. The molecular weight excluding hydrogens is 417 g/mol. The minimum absolute atomic E-state index is 0. The Morgan fingerprint density at radius 3 is 1.14 bits per heavy atom. The fourth-order valence-electron chi connectivity index (χ4n) is 1.17. The topological polar surface area (TPSA) is 197 Å². The monoisotopic (exact) mass is 424 g/mol. The molecule has 2 rings (SSSR count). The molecule has 0 bridgehead atoms. The number of carboxylic acid groups (broad SMARTS) is 2. The molecule has 0 aromatic rings. The summed E-state index contributed by atoms with van der Waals surface area (Å²) in [7, 11) is 0. The number of urea groups is 2. The molecule has 2 unspecified atom stereocenters. The Balaban J connectivity index is 0.000000364. The maximum absolute atomic E-state index is 10.4. The molecule has 4 N–H and O–H groups in total. The molecule has 2 aliphatic rings. The Morgan fingerprint density at radius 2 is 1.05 bits per heavy atom. The number of amides is 6. The van der Waals surface area contributed by atoms with E-state index in [1.807, 2.05) is 10.6 Å². The number of hydrogen-bond donors (Lipinski definition) is 4. The van der Waals surface area contributed by atoms with Crippen molar-refractivity contribution < 1.29 is 39.0 Å². The van der Waals surface area contributed by atoms with Crippen LogP contribution in [-0.2, 0) is 19.2 Å². The van der Waals surface area contributed by atoms with Crippen molar-refractivity contribution in [3.8, 4) is 0 Å². The molecule has 2 saturated heterocycles. The van der Waals surface area contributed by atoms with Gasteiger partial charge in [0.15, 0.2) is 0 Å². The largest absolute Gasteiger partial charge is 2.00 e. The van der Waals surface area contributed by atoms with Crippen LogP contribution < -0.4 is 31.5 Å². The first-order valence-corrected chi connectivity index (χ1v) is 4.87. The van der Waals surface area contributed by atoms with E-state index >= 15 is 0 Å². The average molecular weight is 423 g/mol. The van der Waals surface area contributed by atoms with Gasteiger partial charge in [-0.25, -0.2) is 9.59 Å². The molecule has 2 fully saturated rings. The van der Waals surface area contributed by atoms with Crippen LogP contribution in [0.3, 0.4) is 0 Å². The molecule has 2 heterocycles. The molecule has 0 spiro atoms. The molecule has 6 amide bonds. The molecule has 21 heavy (non-hydrogen) atoms. The van der Waals surface area contributed by atoms with Crippen molar-refractivity contribution in [2.75, 3.05) is 0 Å². The molecular formula is C8H6BaN4O8. The van der Waals surface area contributed by atoms with Crippen LogP contribution in [0.25, 0.3) is 0 Å². The second kappa shape index (κ2) is 7.99. The van der Waals surface area contributed by atoms with Gasteiger partial charge in [0, 0.05) is 0 Å². The van der Waals surface area contributed by atoms with E-state index in [0.717, 1.165) is 0 Å².